The summed E-state index contributed by atoms with van der Waals surface area (Å²) in [7, 11) is -1.21. The van der Waals surface area contributed by atoms with E-state index in [0.29, 0.717) is 38.3 Å². The standard InChI is InChI=1S/C31H40IN7O4Si/c1-44(2,3)15-14-42-20-39-27(32)16-25-28(37-22-6-10-24(11-7-22)43-31(33)41)26(18-35-29(25)39)30(40)36-17-21-4-8-23(9-5-21)38-13-12-34-19-38/h4-5,8-9,12-13,16,18-19,22,24H,6-7,10-11,14-15,17,20H2,1-3H3,(H2,33,41)(H,35,37)(H,36,40). The summed E-state index contributed by atoms with van der Waals surface area (Å²) < 4.78 is 16.3. The van der Waals surface area contributed by atoms with Gasteiger partial charge in [-0.15, -0.1) is 0 Å². The first-order chi connectivity index (χ1) is 21.1. The summed E-state index contributed by atoms with van der Waals surface area (Å²) in [4.78, 5) is 33.7. The normalized spacial score (nSPS) is 17.0. The van der Waals surface area contributed by atoms with Gasteiger partial charge in [0.2, 0.25) is 0 Å². The number of nitrogens with one attached hydrogen (secondary N) is 2. The van der Waals surface area contributed by atoms with Crippen LogP contribution >= 0.6 is 22.6 Å². The van der Waals surface area contributed by atoms with Gasteiger partial charge in [-0.25, -0.2) is 14.8 Å². The number of pyridine rings is 1. The molecule has 0 unspecified atom stereocenters. The molecule has 1 fully saturated rings. The zero-order valence-corrected chi connectivity index (χ0v) is 28.5. The van der Waals surface area contributed by atoms with E-state index in [9.17, 15) is 9.59 Å². The summed E-state index contributed by atoms with van der Waals surface area (Å²) in [6, 6.07) is 11.2. The molecule has 2 amide bonds. The minimum Gasteiger partial charge on any atom is -0.446 e. The maximum Gasteiger partial charge on any atom is 0.404 e. The van der Waals surface area contributed by atoms with Gasteiger partial charge < -0.3 is 30.4 Å². The number of hydrogen-bond acceptors (Lipinski definition) is 7. The van der Waals surface area contributed by atoms with Gasteiger partial charge in [0.15, 0.2) is 0 Å². The first-order valence-corrected chi connectivity index (χ1v) is 19.7. The van der Waals surface area contributed by atoms with E-state index in [0.717, 1.165) is 50.6 Å². The minimum atomic E-state index is -1.21. The molecule has 1 saturated carbocycles. The Morgan fingerprint density at radius 1 is 1.14 bits per heavy atom. The Kier molecular flexibility index (Phi) is 10.3. The van der Waals surface area contributed by atoms with Gasteiger partial charge in [-0.3, -0.25) is 9.36 Å². The van der Waals surface area contributed by atoms with Crippen molar-refractivity contribution < 1.29 is 19.1 Å². The van der Waals surface area contributed by atoms with Crippen LogP contribution in [0.25, 0.3) is 16.7 Å². The predicted octanol–water partition coefficient (Wildman–Crippen LogP) is 5.89. The highest BCUT2D eigenvalue weighted by atomic mass is 127. The number of carbonyl (C=O) groups is 2. The number of amides is 2. The third kappa shape index (κ3) is 8.18. The molecule has 4 N–H and O–H groups in total. The van der Waals surface area contributed by atoms with Crippen LogP contribution in [0.1, 0.15) is 41.6 Å². The van der Waals surface area contributed by atoms with Crippen LogP contribution in [0.15, 0.2) is 55.2 Å². The van der Waals surface area contributed by atoms with E-state index < -0.39 is 14.2 Å². The van der Waals surface area contributed by atoms with Gasteiger partial charge in [0.1, 0.15) is 18.5 Å². The number of ether oxygens (including phenoxy) is 2. The van der Waals surface area contributed by atoms with Crippen molar-refractivity contribution in [2.45, 2.75) is 76.8 Å². The molecule has 13 heteroatoms. The van der Waals surface area contributed by atoms with Crippen molar-refractivity contribution in [3.8, 4) is 5.69 Å². The van der Waals surface area contributed by atoms with Crippen LogP contribution in [0, 0.1) is 3.70 Å². The summed E-state index contributed by atoms with van der Waals surface area (Å²) in [6.45, 7) is 8.48. The van der Waals surface area contributed by atoms with E-state index in [4.69, 9.17) is 20.2 Å². The molecule has 3 aromatic heterocycles. The van der Waals surface area contributed by atoms with Crippen LogP contribution in [0.3, 0.4) is 0 Å². The van der Waals surface area contributed by atoms with Crippen molar-refractivity contribution >= 4 is 59.4 Å². The number of halogens is 1. The first kappa shape index (κ1) is 32.0. The van der Waals surface area contributed by atoms with Crippen molar-refractivity contribution in [2.24, 2.45) is 5.73 Å². The van der Waals surface area contributed by atoms with E-state index in [1.165, 1.54) is 0 Å². The Morgan fingerprint density at radius 3 is 2.55 bits per heavy atom. The van der Waals surface area contributed by atoms with Crippen LogP contribution in [-0.4, -0.2) is 57.9 Å². The van der Waals surface area contributed by atoms with Gasteiger partial charge >= 0.3 is 6.09 Å². The molecule has 0 saturated heterocycles. The largest absolute Gasteiger partial charge is 0.446 e. The summed E-state index contributed by atoms with van der Waals surface area (Å²) in [6.07, 6.45) is 9.08. The number of imidazole rings is 1. The highest BCUT2D eigenvalue weighted by Crippen LogP contribution is 2.33. The minimum absolute atomic E-state index is 0.101. The second-order valence-corrected chi connectivity index (χ2v) is 19.1. The Balaban J connectivity index is 1.35. The smallest absolute Gasteiger partial charge is 0.404 e. The Hall–Kier alpha value is -3.43. The molecule has 1 aromatic carbocycles. The molecule has 1 aliphatic rings. The van der Waals surface area contributed by atoms with E-state index in [-0.39, 0.29) is 18.1 Å². The second-order valence-electron chi connectivity index (χ2n) is 12.4. The van der Waals surface area contributed by atoms with Crippen LogP contribution in [0.2, 0.25) is 25.7 Å². The average molecular weight is 730 g/mol. The third-order valence-electron chi connectivity index (χ3n) is 7.83. The van der Waals surface area contributed by atoms with Crippen molar-refractivity contribution in [1.29, 1.82) is 0 Å². The van der Waals surface area contributed by atoms with Crippen LogP contribution in [0.5, 0.6) is 0 Å². The fourth-order valence-corrected chi connectivity index (χ4v) is 6.76. The lowest BCUT2D eigenvalue weighted by Crippen LogP contribution is -2.33. The number of fused-ring (bicyclic) bond motifs is 1. The van der Waals surface area contributed by atoms with E-state index in [1.54, 1.807) is 18.7 Å². The lowest BCUT2D eigenvalue weighted by molar-refractivity contribution is 0.0804. The van der Waals surface area contributed by atoms with Crippen LogP contribution < -0.4 is 16.4 Å². The predicted molar refractivity (Wildman–Crippen MR) is 182 cm³/mol. The number of carbonyl (C=O) groups excluding carboxylic acids is 2. The number of benzene rings is 1. The molecule has 0 radical (unpaired) electrons. The fourth-order valence-electron chi connectivity index (χ4n) is 5.32. The molecular formula is C31H40IN7O4Si. The summed E-state index contributed by atoms with van der Waals surface area (Å²) in [5.41, 5.74) is 9.21. The van der Waals surface area contributed by atoms with Crippen molar-refractivity contribution in [3.63, 3.8) is 0 Å². The maximum atomic E-state index is 13.6. The zero-order valence-electron chi connectivity index (χ0n) is 25.4. The molecular weight excluding hydrogens is 689 g/mol. The maximum absolute atomic E-state index is 13.6. The van der Waals surface area contributed by atoms with Gasteiger partial charge in [0.05, 0.1) is 21.3 Å². The first-order valence-electron chi connectivity index (χ1n) is 14.9. The van der Waals surface area contributed by atoms with Gasteiger partial charge in [0, 0.05) is 56.9 Å². The molecule has 44 heavy (non-hydrogen) atoms. The zero-order chi connectivity index (χ0) is 31.3. The lowest BCUT2D eigenvalue weighted by atomic mass is 9.92. The Bertz CT molecular complexity index is 1580. The molecule has 234 valence electrons. The molecule has 0 bridgehead atoms. The van der Waals surface area contributed by atoms with Crippen LogP contribution in [-0.2, 0) is 22.7 Å². The SMILES string of the molecule is C[Si](C)(C)CCOCn1c(I)cc2c(NC3CCC(OC(N)=O)CC3)c(C(=O)NCc3ccc(-n4ccnc4)cc3)cnc21. The number of primary amides is 1. The highest BCUT2D eigenvalue weighted by Gasteiger charge is 2.26. The quantitative estimate of drug-likeness (QED) is 0.0940. The molecule has 1 aliphatic carbocycles. The Morgan fingerprint density at radius 2 is 1.89 bits per heavy atom. The third-order valence-corrected chi connectivity index (χ3v) is 10.4. The molecule has 0 aliphatic heterocycles. The van der Waals surface area contributed by atoms with Crippen molar-refractivity contribution in [1.82, 2.24) is 24.4 Å². The second kappa shape index (κ2) is 14.1. The van der Waals surface area contributed by atoms with Gasteiger partial charge in [-0.2, -0.15) is 0 Å². The number of anilines is 1. The molecule has 0 atom stereocenters. The van der Waals surface area contributed by atoms with Gasteiger partial charge in [0.25, 0.3) is 5.91 Å². The van der Waals surface area contributed by atoms with Crippen LogP contribution in [0.4, 0.5) is 10.5 Å². The van der Waals surface area contributed by atoms with Crippen molar-refractivity contribution in [2.75, 3.05) is 11.9 Å². The van der Waals surface area contributed by atoms with Gasteiger partial charge in [-0.1, -0.05) is 31.8 Å². The summed E-state index contributed by atoms with van der Waals surface area (Å²) in [5.74, 6) is -0.208. The monoisotopic (exact) mass is 729 g/mol. The van der Waals surface area contributed by atoms with E-state index in [2.05, 4.69) is 63.9 Å². The van der Waals surface area contributed by atoms with Gasteiger partial charge in [-0.05, 0) is 78.1 Å². The van der Waals surface area contributed by atoms with E-state index >= 15 is 0 Å². The fraction of sp³-hybridized carbons (Fsp3) is 0.419. The average Bonchev–Trinajstić information content (AvgIpc) is 3.63. The molecule has 0 spiro atoms. The molecule has 11 nitrogen and oxygen atoms in total. The number of nitrogens with zero attached hydrogens (tertiary/aromatic N) is 4. The molecule has 3 heterocycles. The lowest BCUT2D eigenvalue weighted by Gasteiger charge is -2.29. The number of rotatable bonds is 12. The highest BCUT2D eigenvalue weighted by molar-refractivity contribution is 14.1. The number of hydrogen-bond donors (Lipinski definition) is 3. The summed E-state index contributed by atoms with van der Waals surface area (Å²) >= 11 is 2.30. The van der Waals surface area contributed by atoms with Crippen molar-refractivity contribution in [3.05, 3.63) is 70.1 Å². The van der Waals surface area contributed by atoms with E-state index in [1.807, 2.05) is 39.6 Å². The molecule has 4 aromatic rings. The summed E-state index contributed by atoms with van der Waals surface area (Å²) in [5, 5.41) is 7.61. The molecule has 5 rings (SSSR count). The Labute approximate surface area is 272 Å². The number of aromatic nitrogens is 4. The topological polar surface area (TPSA) is 138 Å². The number of nitrogens with two attached hydrogens (primary N) is 1.